The lowest BCUT2D eigenvalue weighted by Crippen LogP contribution is -2.28. The predicted molar refractivity (Wildman–Crippen MR) is 282 cm³/mol. The van der Waals surface area contributed by atoms with Gasteiger partial charge in [-0.05, 0) is 75.6 Å². The van der Waals surface area contributed by atoms with E-state index in [2.05, 4.69) is 49.7 Å². The van der Waals surface area contributed by atoms with Gasteiger partial charge in [0.15, 0.2) is 5.71 Å². The molecule has 5 atom stereocenters. The van der Waals surface area contributed by atoms with Crippen LogP contribution >= 0.6 is 23.5 Å². The molecule has 26 nitrogen and oxygen atoms in total. The molecule has 0 aliphatic carbocycles. The van der Waals surface area contributed by atoms with Gasteiger partial charge in [0, 0.05) is 66.5 Å². The molecule has 0 spiro atoms. The maximum absolute atomic E-state index is 12.9. The number of likely N-dealkylation sites (N-methyl/N-ethyl adjacent to an activating group) is 1. The molecule has 31 heteroatoms. The second-order valence-electron chi connectivity index (χ2n) is 19.3. The van der Waals surface area contributed by atoms with E-state index in [0.29, 0.717) is 48.9 Å². The summed E-state index contributed by atoms with van der Waals surface area (Å²) in [5, 5.41) is 13.8. The van der Waals surface area contributed by atoms with Gasteiger partial charge >= 0.3 is 23.5 Å². The number of nitrogen functional groups attached to an aromatic ring is 1. The number of ether oxygens (including phenoxy) is 1. The maximum Gasteiger partial charge on any atom is 0.490 e. The number of nitrogens with two attached hydrogens (primary N) is 1. The summed E-state index contributed by atoms with van der Waals surface area (Å²) in [7, 11) is -25.8. The molecule has 3 aliphatic rings. The average molecular weight is 1180 g/mol. The minimum absolute atomic E-state index is 0.0490. The summed E-state index contributed by atoms with van der Waals surface area (Å²) in [4.78, 5) is 59.7. The Morgan fingerprint density at radius 1 is 0.923 bits per heavy atom. The first-order chi connectivity index (χ1) is 36.2. The number of nitrogens with one attached hydrogen (secondary N) is 1. The summed E-state index contributed by atoms with van der Waals surface area (Å²) in [6, 6.07) is 9.07. The fraction of sp³-hybridized carbons (Fsp3) is 0.404. The molecule has 0 radical (unpaired) electrons. The van der Waals surface area contributed by atoms with Crippen molar-refractivity contribution in [3.63, 3.8) is 0 Å². The molecule has 0 bridgehead atoms. The summed E-state index contributed by atoms with van der Waals surface area (Å²) >= 11 is 0. The number of unbranched alkanes of at least 4 members (excludes halogenated alkanes) is 2. The van der Waals surface area contributed by atoms with Crippen molar-refractivity contribution in [1.82, 2.24) is 19.9 Å². The predicted octanol–water partition coefficient (Wildman–Crippen LogP) is 5.42. The Hall–Kier alpha value is -5.27. The van der Waals surface area contributed by atoms with Crippen LogP contribution in [-0.4, -0.2) is 120 Å². The van der Waals surface area contributed by atoms with Crippen molar-refractivity contribution >= 4 is 83.5 Å². The molecule has 10 N–H and O–H groups in total. The smallest absolute Gasteiger partial charge is 0.390 e. The van der Waals surface area contributed by atoms with Gasteiger partial charge in [0.05, 0.1) is 45.4 Å². The van der Waals surface area contributed by atoms with Crippen molar-refractivity contribution < 1.29 is 91.6 Å². The van der Waals surface area contributed by atoms with Gasteiger partial charge in [-0.3, -0.25) is 18.4 Å². The number of aromatic nitrogens is 3. The van der Waals surface area contributed by atoms with Crippen LogP contribution in [0, 0.1) is 11.8 Å². The van der Waals surface area contributed by atoms with E-state index in [4.69, 9.17) is 20.3 Å². The third-order valence-corrected chi connectivity index (χ3v) is 18.7. The Kier molecular flexibility index (Phi) is 17.9. The SMILES string of the molecule is CCN1/C(=C/C=C/C=C/C2=[N+](CCCCCC(=O)NCC#Cc3cn([C@H]4C[C@H](O)[C@@H](COP(=O)(O)OP(=O)(O)OP(=O)(O)O)O4)c4ncnc(N)c34)c3ccc(S(=O)(=O)O)cc3C2(C)C)C(C)(C)c2cc(S(=O)(=O)O)ccc21. The number of rotatable bonds is 21. The molecule has 1 fully saturated rings. The topological polar surface area (TPSA) is 390 Å². The number of hydrogen-bond donors (Lipinski definition) is 9. The minimum atomic E-state index is -5.77. The molecule has 78 heavy (non-hydrogen) atoms. The van der Waals surface area contributed by atoms with Gasteiger partial charge in [0.2, 0.25) is 11.6 Å². The molecular weight excluding hydrogens is 1120 g/mol. The zero-order valence-electron chi connectivity index (χ0n) is 42.6. The van der Waals surface area contributed by atoms with E-state index in [9.17, 15) is 59.3 Å². The van der Waals surface area contributed by atoms with Crippen molar-refractivity contribution in [3.05, 3.63) is 102 Å². The summed E-state index contributed by atoms with van der Waals surface area (Å²) in [6.45, 7) is 10.0. The van der Waals surface area contributed by atoms with Gasteiger partial charge < -0.3 is 49.9 Å². The highest BCUT2D eigenvalue weighted by Gasteiger charge is 2.46. The number of benzene rings is 2. The van der Waals surface area contributed by atoms with Gasteiger partial charge in [-0.1, -0.05) is 43.9 Å². The van der Waals surface area contributed by atoms with Crippen LogP contribution in [0.2, 0.25) is 0 Å². The number of fused-ring (bicyclic) bond motifs is 3. The number of allylic oxidation sites excluding steroid dienone is 6. The molecule has 2 aromatic carbocycles. The molecule has 3 aliphatic heterocycles. The number of phosphoric ester groups is 1. The van der Waals surface area contributed by atoms with Crippen LogP contribution in [0.3, 0.4) is 0 Å². The highest BCUT2D eigenvalue weighted by molar-refractivity contribution is 7.86. The molecular formula is C47H59N7O19P3S2+. The highest BCUT2D eigenvalue weighted by atomic mass is 32.2. The summed E-state index contributed by atoms with van der Waals surface area (Å²) < 4.78 is 124. The molecule has 0 saturated carbocycles. The zero-order chi connectivity index (χ0) is 57.4. The summed E-state index contributed by atoms with van der Waals surface area (Å²) in [5.41, 5.74) is 10.3. The first-order valence-corrected chi connectivity index (χ1v) is 31.3. The maximum atomic E-state index is 12.9. The number of aliphatic hydroxyl groups is 1. The number of carbonyl (C=O) groups is 1. The molecule has 1 saturated heterocycles. The Balaban J connectivity index is 0.966. The van der Waals surface area contributed by atoms with Gasteiger partial charge in [-0.25, -0.2) is 23.7 Å². The molecule has 422 valence electrons. The minimum Gasteiger partial charge on any atom is -0.390 e. The molecule has 2 unspecified atom stereocenters. The van der Waals surface area contributed by atoms with Crippen molar-refractivity contribution in [2.45, 2.75) is 106 Å². The van der Waals surface area contributed by atoms with Crippen molar-refractivity contribution in [3.8, 4) is 11.8 Å². The van der Waals surface area contributed by atoms with E-state index >= 15 is 0 Å². The number of anilines is 2. The third-order valence-electron chi connectivity index (χ3n) is 13.2. The van der Waals surface area contributed by atoms with Crippen LogP contribution in [0.4, 0.5) is 17.2 Å². The third kappa shape index (κ3) is 13.8. The van der Waals surface area contributed by atoms with E-state index in [0.717, 1.165) is 28.3 Å². The molecule has 2 aromatic heterocycles. The van der Waals surface area contributed by atoms with Crippen LogP contribution < -0.4 is 16.0 Å². The molecule has 1 amide bonds. The first kappa shape index (κ1) is 60.4. The quantitative estimate of drug-likeness (QED) is 0.0126. The van der Waals surface area contributed by atoms with Crippen LogP contribution in [0.15, 0.2) is 94.8 Å². The fourth-order valence-corrected chi connectivity index (χ4v) is 13.6. The van der Waals surface area contributed by atoms with Crippen molar-refractivity contribution in [1.29, 1.82) is 0 Å². The van der Waals surface area contributed by atoms with Gasteiger partial charge in [-0.2, -0.15) is 30.0 Å². The van der Waals surface area contributed by atoms with Gasteiger partial charge in [-0.15, -0.1) is 0 Å². The molecule has 4 aromatic rings. The van der Waals surface area contributed by atoms with Gasteiger partial charge in [0.25, 0.3) is 20.2 Å². The van der Waals surface area contributed by atoms with E-state index in [-0.39, 0.29) is 46.5 Å². The number of amides is 1. The van der Waals surface area contributed by atoms with Gasteiger partial charge in [0.1, 0.15) is 36.7 Å². The lowest BCUT2D eigenvalue weighted by Gasteiger charge is -2.25. The average Bonchev–Trinajstić information content (AvgIpc) is 4.05. The lowest BCUT2D eigenvalue weighted by atomic mass is 9.81. The number of phosphoric acid groups is 3. The van der Waals surface area contributed by atoms with Crippen LogP contribution in [0.25, 0.3) is 11.0 Å². The van der Waals surface area contributed by atoms with E-state index in [1.807, 2.05) is 65.0 Å². The normalized spacial score (nSPS) is 21.3. The first-order valence-electron chi connectivity index (χ1n) is 23.9. The number of hydrogen-bond acceptors (Lipinski definition) is 17. The molecule has 7 rings (SSSR count). The summed E-state index contributed by atoms with van der Waals surface area (Å²) in [6.07, 6.45) is 10.4. The van der Waals surface area contributed by atoms with Crippen LogP contribution in [0.5, 0.6) is 0 Å². The fourth-order valence-electron chi connectivity index (χ4n) is 9.60. The Morgan fingerprint density at radius 3 is 2.27 bits per heavy atom. The summed E-state index contributed by atoms with van der Waals surface area (Å²) in [5.74, 6) is 5.60. The second-order valence-corrected chi connectivity index (χ2v) is 26.5. The lowest BCUT2D eigenvalue weighted by molar-refractivity contribution is -0.438. The van der Waals surface area contributed by atoms with E-state index in [1.54, 1.807) is 12.1 Å². The standard InChI is InChI=1S/C47H58N7O19P3S2/c1-6-52-35-20-18-31(77(64,65)66)24-33(35)46(2,3)39(52)15-9-7-10-16-40-47(4,5)34-25-32(78(67,68)69)19-21-36(34)53(40)23-12-8-11-17-41(56)49-22-13-14-30-27-54(45-43(30)44(48)50-29-51-45)42-26-37(55)38(71-42)28-70-75(60,61)73-76(62,63)72-74(57,58)59/h7,9-10,15-16,18-21,24-25,27,29,37-38,42,55H,6,8,11-12,17,22-23,26,28H2,1-5H3,(H8-,48,49,50,51,56,57,58,59,60,61,62,63,64,65,66,67,68,69)/p+1/t37-,38+,42+/m0/s1. The van der Waals surface area contributed by atoms with Crippen molar-refractivity contribution in [2.75, 3.05) is 36.9 Å². The number of aliphatic hydroxyl groups excluding tert-OH is 1. The van der Waals surface area contributed by atoms with E-state index < -0.39 is 79.6 Å². The van der Waals surface area contributed by atoms with E-state index in [1.165, 1.54) is 41.4 Å². The number of carbonyl (C=O) groups excluding carboxylic acids is 1. The Morgan fingerprint density at radius 2 is 1.60 bits per heavy atom. The highest BCUT2D eigenvalue weighted by Crippen LogP contribution is 2.66. The van der Waals surface area contributed by atoms with Crippen molar-refractivity contribution in [2.24, 2.45) is 0 Å². The second kappa shape index (κ2) is 23.1. The monoisotopic (exact) mass is 1180 g/mol. The molecule has 5 heterocycles. The number of nitrogens with zero attached hydrogens (tertiary/aromatic N) is 5. The van der Waals surface area contributed by atoms with Crippen LogP contribution in [0.1, 0.15) is 89.6 Å². The van der Waals surface area contributed by atoms with Crippen LogP contribution in [-0.2, 0) is 67.4 Å². The Bertz CT molecular complexity index is 3600. The zero-order valence-corrected chi connectivity index (χ0v) is 46.9. The largest absolute Gasteiger partial charge is 0.490 e. The Labute approximate surface area is 449 Å².